The highest BCUT2D eigenvalue weighted by atomic mass is 19.1. The summed E-state index contributed by atoms with van der Waals surface area (Å²) in [4.78, 5) is 13.6. The molecule has 0 heterocycles. The highest BCUT2D eigenvalue weighted by Crippen LogP contribution is 2.64. The van der Waals surface area contributed by atoms with Crippen LogP contribution in [-0.4, -0.2) is 19.1 Å². The molecular formula is C31H46FNO2. The summed E-state index contributed by atoms with van der Waals surface area (Å²) in [6.45, 7) is 8.45. The first-order valence-corrected chi connectivity index (χ1v) is 14.6. The van der Waals surface area contributed by atoms with Crippen LogP contribution in [0.25, 0.3) is 0 Å². The zero-order valence-corrected chi connectivity index (χ0v) is 22.1. The first-order valence-electron chi connectivity index (χ1n) is 14.6. The lowest BCUT2D eigenvalue weighted by Crippen LogP contribution is -2.50. The molecule has 4 saturated carbocycles. The summed E-state index contributed by atoms with van der Waals surface area (Å²) < 4.78 is 19.2. The Kier molecular flexibility index (Phi) is 7.58. The van der Waals surface area contributed by atoms with Crippen LogP contribution in [0, 0.1) is 52.7 Å². The molecule has 194 valence electrons. The molecule has 4 aliphatic carbocycles. The number of carbonyl (C=O) groups excluding carboxylic acids is 1. The van der Waals surface area contributed by atoms with Gasteiger partial charge in [0.05, 0.1) is 6.04 Å². The number of benzene rings is 1. The molecule has 5 rings (SSSR count). The average molecular weight is 484 g/mol. The maximum Gasteiger partial charge on any atom is 0.224 e. The minimum atomic E-state index is -0.227. The fourth-order valence-electron chi connectivity index (χ4n) is 9.21. The zero-order valence-electron chi connectivity index (χ0n) is 22.1. The van der Waals surface area contributed by atoms with Crippen molar-refractivity contribution in [3.05, 3.63) is 35.6 Å². The van der Waals surface area contributed by atoms with Gasteiger partial charge in [-0.1, -0.05) is 26.0 Å². The Morgan fingerprint density at radius 2 is 1.80 bits per heavy atom. The first kappa shape index (κ1) is 25.2. The molecule has 9 atom stereocenters. The molecule has 4 fully saturated rings. The fourth-order valence-corrected chi connectivity index (χ4v) is 9.21. The van der Waals surface area contributed by atoms with Crippen molar-refractivity contribution in [2.45, 2.75) is 91.0 Å². The second kappa shape index (κ2) is 10.5. The number of halogens is 1. The van der Waals surface area contributed by atoms with Crippen molar-refractivity contribution in [3.8, 4) is 0 Å². The fraction of sp³-hybridized carbons (Fsp3) is 0.774. The summed E-state index contributed by atoms with van der Waals surface area (Å²) in [5.41, 5.74) is 1.13. The number of hydrogen-bond acceptors (Lipinski definition) is 2. The molecule has 1 aromatic rings. The summed E-state index contributed by atoms with van der Waals surface area (Å²) >= 11 is 0. The van der Waals surface area contributed by atoms with Gasteiger partial charge in [-0.3, -0.25) is 4.79 Å². The normalized spacial score (nSPS) is 39.3. The average Bonchev–Trinajstić information content (AvgIpc) is 3.23. The Balaban J connectivity index is 1.24. The number of fused-ring (bicyclic) bond motifs is 5. The Bertz CT molecular complexity index is 871. The maximum atomic E-state index is 13.6. The monoisotopic (exact) mass is 483 g/mol. The molecule has 4 aliphatic rings. The van der Waals surface area contributed by atoms with Crippen LogP contribution in [0.5, 0.6) is 0 Å². The van der Waals surface area contributed by atoms with Crippen LogP contribution in [0.3, 0.4) is 0 Å². The predicted octanol–water partition coefficient (Wildman–Crippen LogP) is 7.31. The predicted molar refractivity (Wildman–Crippen MR) is 138 cm³/mol. The van der Waals surface area contributed by atoms with E-state index in [4.69, 9.17) is 4.74 Å². The second-order valence-corrected chi connectivity index (χ2v) is 12.5. The summed E-state index contributed by atoms with van der Waals surface area (Å²) in [5.74, 6) is 5.10. The molecule has 1 aromatic carbocycles. The second-order valence-electron chi connectivity index (χ2n) is 12.5. The van der Waals surface area contributed by atoms with Gasteiger partial charge in [-0.2, -0.15) is 0 Å². The summed E-state index contributed by atoms with van der Waals surface area (Å²) in [6, 6.07) is 6.59. The quantitative estimate of drug-likeness (QED) is 0.441. The van der Waals surface area contributed by atoms with E-state index in [2.05, 4.69) is 26.1 Å². The third-order valence-electron chi connectivity index (χ3n) is 10.9. The van der Waals surface area contributed by atoms with E-state index in [1.54, 1.807) is 0 Å². The van der Waals surface area contributed by atoms with E-state index in [1.807, 2.05) is 12.1 Å². The summed E-state index contributed by atoms with van der Waals surface area (Å²) in [6.07, 6.45) is 12.5. The molecular weight excluding hydrogens is 437 g/mol. The molecule has 0 aromatic heterocycles. The van der Waals surface area contributed by atoms with Crippen molar-refractivity contribution >= 4 is 5.91 Å². The van der Waals surface area contributed by atoms with E-state index in [0.29, 0.717) is 5.92 Å². The van der Waals surface area contributed by atoms with E-state index in [-0.39, 0.29) is 29.1 Å². The van der Waals surface area contributed by atoms with Crippen LogP contribution in [-0.2, 0) is 9.53 Å². The number of ether oxygens (including phenoxy) is 1. The van der Waals surface area contributed by atoms with Crippen LogP contribution in [0.4, 0.5) is 4.39 Å². The van der Waals surface area contributed by atoms with Gasteiger partial charge in [0.1, 0.15) is 5.82 Å². The molecule has 0 spiro atoms. The van der Waals surface area contributed by atoms with Gasteiger partial charge >= 0.3 is 0 Å². The number of nitrogens with one attached hydrogen (secondary N) is 1. The van der Waals surface area contributed by atoms with Crippen LogP contribution in [0.15, 0.2) is 24.3 Å². The molecule has 1 amide bonds. The Hall–Kier alpha value is -1.42. The van der Waals surface area contributed by atoms with Gasteiger partial charge in [0.2, 0.25) is 5.91 Å². The van der Waals surface area contributed by atoms with Crippen molar-refractivity contribution in [3.63, 3.8) is 0 Å². The van der Waals surface area contributed by atoms with Crippen molar-refractivity contribution in [2.24, 2.45) is 46.8 Å². The third-order valence-corrected chi connectivity index (χ3v) is 10.9. The van der Waals surface area contributed by atoms with E-state index in [9.17, 15) is 9.18 Å². The molecule has 8 unspecified atom stereocenters. The molecule has 0 bridgehead atoms. The summed E-state index contributed by atoms with van der Waals surface area (Å²) in [5, 5.41) is 3.37. The first-order chi connectivity index (χ1) is 16.9. The van der Waals surface area contributed by atoms with Crippen molar-refractivity contribution in [1.82, 2.24) is 5.32 Å². The Morgan fingerprint density at radius 1 is 1.03 bits per heavy atom. The SMILES string of the molecule is CCOCC1CCC2C(CCC3C2CCC2(C)C3CC[C@@H]2C(=O)NC(CC)c2ccc(F)cc2)C1. The topological polar surface area (TPSA) is 38.3 Å². The van der Waals surface area contributed by atoms with Gasteiger partial charge in [0.15, 0.2) is 0 Å². The van der Waals surface area contributed by atoms with E-state index in [0.717, 1.165) is 61.2 Å². The van der Waals surface area contributed by atoms with Crippen LogP contribution >= 0.6 is 0 Å². The number of amides is 1. The maximum absolute atomic E-state index is 13.6. The number of hydrogen-bond donors (Lipinski definition) is 1. The van der Waals surface area contributed by atoms with Gasteiger partial charge in [-0.25, -0.2) is 4.39 Å². The smallest absolute Gasteiger partial charge is 0.224 e. The largest absolute Gasteiger partial charge is 0.381 e. The molecule has 3 nitrogen and oxygen atoms in total. The standard InChI is InChI=1S/C31H46FNO2/c1-4-29(21-7-10-23(32)11-8-21)33-30(34)28-15-14-27-26-13-9-22-18-20(19-35-5-2)6-12-24(22)25(26)16-17-31(27,28)3/h7-8,10-11,20,22,24-29H,4-6,9,12-19H2,1-3H3,(H,33,34)/t20?,22?,24?,25?,26?,27?,28-,29?,31?/m1/s1. The number of rotatable bonds is 7. The van der Waals surface area contributed by atoms with E-state index >= 15 is 0 Å². The molecule has 0 aliphatic heterocycles. The van der Waals surface area contributed by atoms with Crippen LogP contribution in [0.2, 0.25) is 0 Å². The lowest BCUT2D eigenvalue weighted by Gasteiger charge is -2.56. The summed E-state index contributed by atoms with van der Waals surface area (Å²) in [7, 11) is 0. The highest BCUT2D eigenvalue weighted by Gasteiger charge is 2.58. The van der Waals surface area contributed by atoms with Crippen molar-refractivity contribution in [2.75, 3.05) is 13.2 Å². The zero-order chi connectivity index (χ0) is 24.6. The van der Waals surface area contributed by atoms with Crippen molar-refractivity contribution < 1.29 is 13.9 Å². The lowest BCUT2D eigenvalue weighted by molar-refractivity contribution is -0.133. The minimum Gasteiger partial charge on any atom is -0.381 e. The van der Waals surface area contributed by atoms with Crippen LogP contribution < -0.4 is 5.32 Å². The van der Waals surface area contributed by atoms with Gasteiger partial charge in [-0.15, -0.1) is 0 Å². The minimum absolute atomic E-state index is 0.0376. The Labute approximate surface area is 212 Å². The molecule has 4 heteroatoms. The van der Waals surface area contributed by atoms with Crippen molar-refractivity contribution in [1.29, 1.82) is 0 Å². The third kappa shape index (κ3) is 4.81. The van der Waals surface area contributed by atoms with E-state index in [1.165, 1.54) is 63.5 Å². The van der Waals surface area contributed by atoms with Gasteiger partial charge in [0.25, 0.3) is 0 Å². The van der Waals surface area contributed by atoms with Gasteiger partial charge in [0, 0.05) is 19.1 Å². The van der Waals surface area contributed by atoms with Crippen LogP contribution in [0.1, 0.15) is 96.6 Å². The van der Waals surface area contributed by atoms with E-state index < -0.39 is 0 Å². The molecule has 1 N–H and O–H groups in total. The molecule has 35 heavy (non-hydrogen) atoms. The lowest BCUT2D eigenvalue weighted by atomic mass is 9.49. The molecule has 0 saturated heterocycles. The Morgan fingerprint density at radius 3 is 2.54 bits per heavy atom. The highest BCUT2D eigenvalue weighted by molar-refractivity contribution is 5.80. The molecule has 0 radical (unpaired) electrons. The number of carbonyl (C=O) groups is 1. The van der Waals surface area contributed by atoms with Gasteiger partial charge in [-0.05, 0) is 130 Å². The van der Waals surface area contributed by atoms with Gasteiger partial charge < -0.3 is 10.1 Å².